The van der Waals surface area contributed by atoms with Crippen LogP contribution in [0.4, 0.5) is 5.82 Å². The zero-order valence-electron chi connectivity index (χ0n) is 25.9. The van der Waals surface area contributed by atoms with Crippen LogP contribution in [0.5, 0.6) is 0 Å². The van der Waals surface area contributed by atoms with Gasteiger partial charge in [-0.05, 0) is 23.6 Å². The van der Waals surface area contributed by atoms with E-state index in [9.17, 15) is 13.7 Å². The molecule has 1 saturated heterocycles. The van der Waals surface area contributed by atoms with Crippen molar-refractivity contribution < 1.29 is 27.4 Å². The van der Waals surface area contributed by atoms with Gasteiger partial charge in [0.05, 0.1) is 32.6 Å². The van der Waals surface area contributed by atoms with E-state index in [1.807, 2.05) is 91.0 Å². The van der Waals surface area contributed by atoms with Crippen LogP contribution in [0.3, 0.4) is 0 Å². The molecular formula is C34H34N6O6S. The Bertz CT molecular complexity index is 1990. The first kappa shape index (κ1) is 32.2. The number of nitrogen functional groups attached to an aromatic ring is 1. The number of imidazole rings is 1. The van der Waals surface area contributed by atoms with Gasteiger partial charge < -0.3 is 24.7 Å². The number of rotatable bonds is 12. The van der Waals surface area contributed by atoms with Crippen LogP contribution in [0.1, 0.15) is 29.3 Å². The maximum Gasteiger partial charge on any atom is 0.267 e. The molecule has 0 aliphatic carbocycles. The van der Waals surface area contributed by atoms with Crippen LogP contribution in [0.15, 0.2) is 102 Å². The fraction of sp³-hybridized carbons (Fsp3) is 0.294. The van der Waals surface area contributed by atoms with Gasteiger partial charge in [0, 0.05) is 6.26 Å². The van der Waals surface area contributed by atoms with Crippen LogP contribution in [0.25, 0.3) is 5.65 Å². The summed E-state index contributed by atoms with van der Waals surface area (Å²) in [5.41, 5.74) is 5.57. The Morgan fingerprint density at radius 3 is 2.09 bits per heavy atom. The van der Waals surface area contributed by atoms with Gasteiger partial charge in [-0.1, -0.05) is 91.0 Å². The average Bonchev–Trinajstić information content (AvgIpc) is 3.61. The lowest BCUT2D eigenvalue weighted by Crippen LogP contribution is -2.55. The standard InChI is InChI=1S/C34H34N6O6S/c1-33(45-21-26-16-10-5-11-17-26)29(44-20-25-14-8-4-9-15-25)27(22-43-19-24-12-6-3-7-13-24)46-34(33,23-35)28-18-37-31-30(36)38-32(39-40(28)31)47(2,41)42/h3-18,27,29H,19-22H2,1-2H3,(H2,36,38,39)/t27-,29-,33-,34?/m1/s1. The molecule has 0 bridgehead atoms. The summed E-state index contributed by atoms with van der Waals surface area (Å²) in [4.78, 5) is 8.30. The summed E-state index contributed by atoms with van der Waals surface area (Å²) < 4.78 is 52.4. The molecule has 5 aromatic rings. The molecule has 3 aromatic carbocycles. The van der Waals surface area contributed by atoms with Crippen LogP contribution in [-0.4, -0.2) is 58.7 Å². The summed E-state index contributed by atoms with van der Waals surface area (Å²) >= 11 is 0. The highest BCUT2D eigenvalue weighted by atomic mass is 32.2. The Morgan fingerprint density at radius 1 is 0.936 bits per heavy atom. The topological polar surface area (TPSA) is 164 Å². The van der Waals surface area contributed by atoms with Gasteiger partial charge >= 0.3 is 0 Å². The number of hydrogen-bond donors (Lipinski definition) is 1. The summed E-state index contributed by atoms with van der Waals surface area (Å²) in [7, 11) is -3.89. The van der Waals surface area contributed by atoms with E-state index in [0.29, 0.717) is 6.61 Å². The molecule has 4 atom stereocenters. The lowest BCUT2D eigenvalue weighted by atomic mass is 9.79. The highest BCUT2D eigenvalue weighted by Gasteiger charge is 2.68. The molecule has 2 N–H and O–H groups in total. The number of aromatic nitrogens is 4. The molecule has 0 amide bonds. The average molecular weight is 655 g/mol. The summed E-state index contributed by atoms with van der Waals surface area (Å²) in [6, 6.07) is 31.2. The molecule has 3 heterocycles. The highest BCUT2D eigenvalue weighted by Crippen LogP contribution is 2.51. The molecule has 6 rings (SSSR count). The van der Waals surface area contributed by atoms with Gasteiger partial charge in [-0.2, -0.15) is 10.2 Å². The zero-order valence-corrected chi connectivity index (χ0v) is 26.7. The summed E-state index contributed by atoms with van der Waals surface area (Å²) in [6.45, 7) is 2.38. The smallest absolute Gasteiger partial charge is 0.267 e. The number of sulfone groups is 1. The fourth-order valence-electron chi connectivity index (χ4n) is 5.76. The van der Waals surface area contributed by atoms with E-state index in [-0.39, 0.29) is 37.0 Å². The van der Waals surface area contributed by atoms with Crippen LogP contribution >= 0.6 is 0 Å². The minimum atomic E-state index is -3.89. The molecule has 47 heavy (non-hydrogen) atoms. The third-order valence-electron chi connectivity index (χ3n) is 8.17. The van der Waals surface area contributed by atoms with Gasteiger partial charge in [-0.25, -0.2) is 17.9 Å². The van der Waals surface area contributed by atoms with Gasteiger partial charge in [-0.15, -0.1) is 5.10 Å². The first-order valence-electron chi connectivity index (χ1n) is 14.9. The maximum absolute atomic E-state index is 12.5. The maximum atomic E-state index is 12.5. The van der Waals surface area contributed by atoms with Crippen LogP contribution in [0, 0.1) is 11.3 Å². The van der Waals surface area contributed by atoms with E-state index in [4.69, 9.17) is 24.7 Å². The number of nitriles is 1. The van der Waals surface area contributed by atoms with Crippen LogP contribution < -0.4 is 5.73 Å². The lowest BCUT2D eigenvalue weighted by molar-refractivity contribution is -0.168. The van der Waals surface area contributed by atoms with Gasteiger partial charge in [-0.3, -0.25) is 0 Å². The summed E-state index contributed by atoms with van der Waals surface area (Å²) in [5, 5.41) is 14.8. The summed E-state index contributed by atoms with van der Waals surface area (Å²) in [5.74, 6) is -0.177. The van der Waals surface area contributed by atoms with E-state index in [1.54, 1.807) is 6.92 Å². The molecule has 242 valence electrons. The summed E-state index contributed by atoms with van der Waals surface area (Å²) in [6.07, 6.45) is 0.668. The zero-order chi connectivity index (χ0) is 33.1. The molecular weight excluding hydrogens is 620 g/mol. The van der Waals surface area contributed by atoms with E-state index in [1.165, 1.54) is 10.7 Å². The molecule has 1 fully saturated rings. The van der Waals surface area contributed by atoms with Crippen molar-refractivity contribution in [2.45, 2.75) is 55.3 Å². The van der Waals surface area contributed by atoms with Crippen molar-refractivity contribution in [2.24, 2.45) is 0 Å². The number of hydrogen-bond acceptors (Lipinski definition) is 11. The van der Waals surface area contributed by atoms with Gasteiger partial charge in [0.15, 0.2) is 11.5 Å². The van der Waals surface area contributed by atoms with E-state index < -0.39 is 38.4 Å². The molecule has 0 radical (unpaired) electrons. The Balaban J connectivity index is 1.47. The molecule has 1 unspecified atom stereocenters. The van der Waals surface area contributed by atoms with Crippen molar-refractivity contribution in [1.82, 2.24) is 19.6 Å². The van der Waals surface area contributed by atoms with Crippen LogP contribution in [-0.2, 0) is 54.2 Å². The monoisotopic (exact) mass is 654 g/mol. The SMILES string of the molecule is C[C@@]1(OCc2ccccc2)[C@H](OCc2ccccc2)[C@@H](COCc2ccccc2)OC1(C#N)c1cnc2c(N)nc(S(C)(=O)=O)nn12. The quantitative estimate of drug-likeness (QED) is 0.207. The van der Waals surface area contributed by atoms with Gasteiger partial charge in [0.1, 0.15) is 29.6 Å². The van der Waals surface area contributed by atoms with Crippen molar-refractivity contribution in [3.63, 3.8) is 0 Å². The Kier molecular flexibility index (Phi) is 9.05. The second-order valence-corrected chi connectivity index (χ2v) is 13.4. The molecule has 1 aliphatic heterocycles. The molecule has 1 aliphatic rings. The molecule has 13 heteroatoms. The number of anilines is 1. The third kappa shape index (κ3) is 6.34. The number of ether oxygens (including phenoxy) is 4. The lowest BCUT2D eigenvalue weighted by Gasteiger charge is -2.39. The minimum Gasteiger partial charge on any atom is -0.380 e. The van der Waals surface area contributed by atoms with Crippen LogP contribution in [0.2, 0.25) is 0 Å². The second kappa shape index (κ2) is 13.2. The van der Waals surface area contributed by atoms with Crippen molar-refractivity contribution >= 4 is 21.3 Å². The number of nitrogens with zero attached hydrogens (tertiary/aromatic N) is 5. The number of fused-ring (bicyclic) bond motifs is 1. The van der Waals surface area contributed by atoms with Gasteiger partial charge in [0.2, 0.25) is 15.4 Å². The fourth-order valence-corrected chi connectivity index (χ4v) is 6.25. The Hall–Kier alpha value is -4.71. The molecule has 12 nitrogen and oxygen atoms in total. The van der Waals surface area contributed by atoms with Crippen molar-refractivity contribution in [3.05, 3.63) is 120 Å². The largest absolute Gasteiger partial charge is 0.380 e. The van der Waals surface area contributed by atoms with E-state index in [2.05, 4.69) is 21.1 Å². The molecule has 2 aromatic heterocycles. The van der Waals surface area contributed by atoms with Crippen molar-refractivity contribution in [1.29, 1.82) is 5.26 Å². The third-order valence-corrected chi connectivity index (χ3v) is 9.01. The van der Waals surface area contributed by atoms with E-state index in [0.717, 1.165) is 22.9 Å². The van der Waals surface area contributed by atoms with Crippen molar-refractivity contribution in [2.75, 3.05) is 18.6 Å². The second-order valence-electron chi connectivity index (χ2n) is 11.5. The number of benzene rings is 3. The van der Waals surface area contributed by atoms with Crippen molar-refractivity contribution in [3.8, 4) is 6.07 Å². The molecule has 0 saturated carbocycles. The highest BCUT2D eigenvalue weighted by molar-refractivity contribution is 7.90. The number of nitrogens with two attached hydrogens (primary N) is 1. The van der Waals surface area contributed by atoms with Gasteiger partial charge in [0.25, 0.3) is 5.16 Å². The van der Waals surface area contributed by atoms with E-state index >= 15 is 0 Å². The Labute approximate surface area is 272 Å². The molecule has 0 spiro atoms. The predicted molar refractivity (Wildman–Crippen MR) is 171 cm³/mol. The first-order valence-corrected chi connectivity index (χ1v) is 16.8. The normalized spacial score (nSPS) is 22.7. The first-order chi connectivity index (χ1) is 22.6. The minimum absolute atomic E-state index is 0.0461. The Morgan fingerprint density at radius 2 is 1.51 bits per heavy atom. The predicted octanol–water partition coefficient (Wildman–Crippen LogP) is 4.01.